The monoisotopic (exact) mass is 417 g/mol. The minimum absolute atomic E-state index is 0.0119. The number of hydrogen-bond acceptors (Lipinski definition) is 7. The highest BCUT2D eigenvalue weighted by Gasteiger charge is 2.15. The molecule has 4 aromatic rings. The van der Waals surface area contributed by atoms with Crippen molar-refractivity contribution in [2.45, 2.75) is 13.0 Å². The van der Waals surface area contributed by atoms with E-state index in [1.54, 1.807) is 13.2 Å². The molecule has 1 heterocycles. The molecule has 1 aromatic heterocycles. The number of nitro benzene ring substituents is 1. The van der Waals surface area contributed by atoms with Crippen LogP contribution in [0.15, 0.2) is 77.2 Å². The second kappa shape index (κ2) is 9.08. The average Bonchev–Trinajstić information content (AvgIpc) is 3.28. The van der Waals surface area contributed by atoms with Crippen LogP contribution in [-0.2, 0) is 13.0 Å². The first-order valence-corrected chi connectivity index (χ1v) is 9.53. The normalized spacial score (nSPS) is 10.6. The van der Waals surface area contributed by atoms with Crippen molar-refractivity contribution in [2.24, 2.45) is 0 Å². The molecule has 0 aliphatic heterocycles. The Kier molecular flexibility index (Phi) is 5.89. The van der Waals surface area contributed by atoms with E-state index in [2.05, 4.69) is 10.2 Å². The zero-order valence-electron chi connectivity index (χ0n) is 16.7. The van der Waals surface area contributed by atoms with Crippen LogP contribution < -0.4 is 9.47 Å². The van der Waals surface area contributed by atoms with Crippen molar-refractivity contribution in [3.63, 3.8) is 0 Å². The summed E-state index contributed by atoms with van der Waals surface area (Å²) in [5.41, 5.74) is 2.50. The summed E-state index contributed by atoms with van der Waals surface area (Å²) in [5, 5.41) is 19.3. The third-order valence-corrected chi connectivity index (χ3v) is 4.65. The Bertz CT molecular complexity index is 1170. The predicted molar refractivity (Wildman–Crippen MR) is 113 cm³/mol. The molecule has 0 spiro atoms. The third-order valence-electron chi connectivity index (χ3n) is 4.65. The average molecular weight is 417 g/mol. The lowest BCUT2D eigenvalue weighted by Gasteiger charge is -2.10. The van der Waals surface area contributed by atoms with Crippen LogP contribution in [0.2, 0.25) is 0 Å². The summed E-state index contributed by atoms with van der Waals surface area (Å²) in [6.07, 6.45) is 0.499. The van der Waals surface area contributed by atoms with Gasteiger partial charge in [0.1, 0.15) is 11.5 Å². The molecule has 0 fully saturated rings. The number of rotatable bonds is 8. The smallest absolute Gasteiger partial charge is 0.269 e. The van der Waals surface area contributed by atoms with Gasteiger partial charge in [0.25, 0.3) is 11.6 Å². The Morgan fingerprint density at radius 2 is 1.77 bits per heavy atom. The summed E-state index contributed by atoms with van der Waals surface area (Å²) < 4.78 is 16.7. The molecule has 8 heteroatoms. The molecule has 0 aliphatic rings. The van der Waals surface area contributed by atoms with Crippen molar-refractivity contribution in [3.05, 3.63) is 99.9 Å². The number of ether oxygens (including phenoxy) is 2. The maximum atomic E-state index is 11.2. The number of hydrogen-bond donors (Lipinski definition) is 0. The number of benzene rings is 3. The van der Waals surface area contributed by atoms with E-state index >= 15 is 0 Å². The standard InChI is InChI=1S/C23H19N3O5/c1-29-20-10-7-17(8-11-20)23-25-24-22(31-23)15-30-21-12-9-19(26(27)28)14-18(21)13-16-5-3-2-4-6-16/h2-12,14H,13,15H2,1H3. The second-order valence-electron chi connectivity index (χ2n) is 6.73. The highest BCUT2D eigenvalue weighted by Crippen LogP contribution is 2.28. The maximum Gasteiger partial charge on any atom is 0.269 e. The minimum atomic E-state index is -0.419. The van der Waals surface area contributed by atoms with E-state index in [1.807, 2.05) is 54.6 Å². The van der Waals surface area contributed by atoms with Crippen LogP contribution in [0.1, 0.15) is 17.0 Å². The molecule has 3 aromatic carbocycles. The zero-order valence-corrected chi connectivity index (χ0v) is 16.7. The third kappa shape index (κ3) is 4.87. The summed E-state index contributed by atoms with van der Waals surface area (Å²) >= 11 is 0. The fourth-order valence-corrected chi connectivity index (χ4v) is 3.08. The van der Waals surface area contributed by atoms with Gasteiger partial charge >= 0.3 is 0 Å². The van der Waals surface area contributed by atoms with Crippen molar-refractivity contribution in [2.75, 3.05) is 7.11 Å². The molecular weight excluding hydrogens is 398 g/mol. The van der Waals surface area contributed by atoms with Gasteiger partial charge in [-0.3, -0.25) is 10.1 Å². The quantitative estimate of drug-likeness (QED) is 0.299. The lowest BCUT2D eigenvalue weighted by atomic mass is 10.0. The van der Waals surface area contributed by atoms with Crippen molar-refractivity contribution in [1.82, 2.24) is 10.2 Å². The number of nitro groups is 1. The molecule has 0 radical (unpaired) electrons. The Hall–Kier alpha value is -4.20. The van der Waals surface area contributed by atoms with E-state index in [1.165, 1.54) is 12.1 Å². The van der Waals surface area contributed by atoms with Crippen molar-refractivity contribution < 1.29 is 18.8 Å². The van der Waals surface area contributed by atoms with Gasteiger partial charge in [-0.15, -0.1) is 10.2 Å². The van der Waals surface area contributed by atoms with Crippen LogP contribution in [0, 0.1) is 10.1 Å². The predicted octanol–water partition coefficient (Wildman–Crippen LogP) is 4.82. The van der Waals surface area contributed by atoms with Gasteiger partial charge in [-0.2, -0.15) is 0 Å². The number of methoxy groups -OCH3 is 1. The first-order valence-electron chi connectivity index (χ1n) is 9.53. The van der Waals surface area contributed by atoms with Gasteiger partial charge in [0.05, 0.1) is 12.0 Å². The fourth-order valence-electron chi connectivity index (χ4n) is 3.08. The Labute approximate surface area is 178 Å². The molecule has 0 atom stereocenters. The van der Waals surface area contributed by atoms with E-state index in [4.69, 9.17) is 13.9 Å². The Morgan fingerprint density at radius 3 is 2.48 bits per heavy atom. The molecule has 0 unspecified atom stereocenters. The van der Waals surface area contributed by atoms with Crippen LogP contribution in [0.4, 0.5) is 5.69 Å². The maximum absolute atomic E-state index is 11.2. The van der Waals surface area contributed by atoms with Gasteiger partial charge in [-0.05, 0) is 35.9 Å². The highest BCUT2D eigenvalue weighted by molar-refractivity contribution is 5.54. The summed E-state index contributed by atoms with van der Waals surface area (Å²) in [6.45, 7) is 0.0444. The molecule has 0 aliphatic carbocycles. The van der Waals surface area contributed by atoms with Crippen molar-refractivity contribution >= 4 is 5.69 Å². The van der Waals surface area contributed by atoms with Crippen LogP contribution in [0.5, 0.6) is 11.5 Å². The summed E-state index contributed by atoms with van der Waals surface area (Å²) in [6, 6.07) is 21.5. The molecule has 4 rings (SSSR count). The molecule has 31 heavy (non-hydrogen) atoms. The summed E-state index contributed by atoms with van der Waals surface area (Å²) in [5.74, 6) is 1.93. The minimum Gasteiger partial charge on any atom is -0.497 e. The number of nitrogens with zero attached hydrogens (tertiary/aromatic N) is 3. The SMILES string of the molecule is COc1ccc(-c2nnc(COc3ccc([N+](=O)[O-])cc3Cc3ccccc3)o2)cc1. The lowest BCUT2D eigenvalue weighted by Crippen LogP contribution is -2.01. The molecule has 0 amide bonds. The molecule has 156 valence electrons. The topological polar surface area (TPSA) is 101 Å². The van der Waals surface area contributed by atoms with Gasteiger partial charge in [0.2, 0.25) is 5.89 Å². The van der Waals surface area contributed by atoms with E-state index in [0.717, 1.165) is 16.9 Å². The van der Waals surface area contributed by atoms with Gasteiger partial charge in [-0.1, -0.05) is 30.3 Å². The van der Waals surface area contributed by atoms with Crippen LogP contribution in [-0.4, -0.2) is 22.2 Å². The number of aromatic nitrogens is 2. The molecule has 0 N–H and O–H groups in total. The largest absolute Gasteiger partial charge is 0.497 e. The van der Waals surface area contributed by atoms with E-state index in [0.29, 0.717) is 29.5 Å². The Balaban J connectivity index is 1.51. The highest BCUT2D eigenvalue weighted by atomic mass is 16.6. The molecule has 0 saturated heterocycles. The molecular formula is C23H19N3O5. The van der Waals surface area contributed by atoms with E-state index in [9.17, 15) is 10.1 Å². The van der Waals surface area contributed by atoms with Crippen LogP contribution >= 0.6 is 0 Å². The van der Waals surface area contributed by atoms with E-state index < -0.39 is 4.92 Å². The van der Waals surface area contributed by atoms with E-state index in [-0.39, 0.29) is 12.3 Å². The van der Waals surface area contributed by atoms with Gasteiger partial charge in [-0.25, -0.2) is 0 Å². The fraction of sp³-hybridized carbons (Fsp3) is 0.130. The summed E-state index contributed by atoms with van der Waals surface area (Å²) in [7, 11) is 1.60. The van der Waals surface area contributed by atoms with Crippen LogP contribution in [0.25, 0.3) is 11.5 Å². The van der Waals surface area contributed by atoms with Crippen molar-refractivity contribution in [1.29, 1.82) is 0 Å². The van der Waals surface area contributed by atoms with Crippen LogP contribution in [0.3, 0.4) is 0 Å². The lowest BCUT2D eigenvalue weighted by molar-refractivity contribution is -0.384. The first kappa shape index (κ1) is 20.1. The van der Waals surface area contributed by atoms with Gasteiger partial charge < -0.3 is 13.9 Å². The van der Waals surface area contributed by atoms with Crippen molar-refractivity contribution in [3.8, 4) is 23.0 Å². The summed E-state index contributed by atoms with van der Waals surface area (Å²) in [4.78, 5) is 10.8. The zero-order chi connectivity index (χ0) is 21.6. The number of non-ortho nitro benzene ring substituents is 1. The van der Waals surface area contributed by atoms with Gasteiger partial charge in [0, 0.05) is 29.7 Å². The second-order valence-corrected chi connectivity index (χ2v) is 6.73. The molecule has 0 saturated carbocycles. The molecule has 0 bridgehead atoms. The first-order chi connectivity index (χ1) is 15.1. The van der Waals surface area contributed by atoms with Gasteiger partial charge in [0.15, 0.2) is 6.61 Å². The molecule has 8 nitrogen and oxygen atoms in total. The Morgan fingerprint density at radius 1 is 1.00 bits per heavy atom.